The molecule has 0 radical (unpaired) electrons. The molecule has 2 rings (SSSR count). The molecule has 0 nitrogen and oxygen atoms in total. The Hall–Kier alpha value is -1.30. The molecule has 0 atom stereocenters. The molecule has 0 spiro atoms. The third-order valence-corrected chi connectivity index (χ3v) is 1.66. The average Bonchev–Trinajstić information content (AvgIpc) is 2.21. The van der Waals surface area contributed by atoms with E-state index in [4.69, 9.17) is 2.97 Å². The molecule has 2 aromatic rings. The van der Waals surface area contributed by atoms with Crippen molar-refractivity contribution in [1.29, 1.82) is 0 Å². The van der Waals surface area contributed by atoms with Crippen molar-refractivity contribution in [3.05, 3.63) is 48.5 Å². The van der Waals surface area contributed by atoms with Gasteiger partial charge in [-0.3, -0.25) is 0 Å². The maximum absolute atomic E-state index is 5.00. The fourth-order valence-corrected chi connectivity index (χ4v) is 1.13. The molecule has 0 aliphatic carbocycles. The third kappa shape index (κ3) is 0.781. The van der Waals surface area contributed by atoms with Gasteiger partial charge in [0.05, 0.1) is 0 Å². The minimum absolute atomic E-state index is 1.31. The molecule has 0 aliphatic rings. The highest BCUT2D eigenvalue weighted by molar-refractivity contribution is 5.81. The van der Waals surface area contributed by atoms with Gasteiger partial charge in [-0.15, -0.1) is 0 Å². The standard InChI is InChI=1S/C10H8.H2/c1-2-6-10-8-4-3-7-9(10)5-1;/h1-8H;1H/i;1+1D. The number of fused-ring (bicyclic) bond motifs is 1. The van der Waals surface area contributed by atoms with Crippen molar-refractivity contribution >= 4 is 10.8 Å². The Morgan fingerprint density at radius 3 is 1.30 bits per heavy atom. The van der Waals surface area contributed by atoms with E-state index in [-0.39, 0.29) is 0 Å². The molecule has 10 heavy (non-hydrogen) atoms. The van der Waals surface area contributed by atoms with Gasteiger partial charge in [-0.25, -0.2) is 0 Å². The molecule has 0 aliphatic heterocycles. The Balaban J connectivity index is 0.000000336. The Labute approximate surface area is 63.2 Å². The lowest BCUT2D eigenvalue weighted by Crippen LogP contribution is -1.67. The topological polar surface area (TPSA) is 0 Å². The van der Waals surface area contributed by atoms with Gasteiger partial charge in [-0.05, 0) is 10.8 Å². The summed E-state index contributed by atoms with van der Waals surface area (Å²) in [5.74, 6) is 0. The largest absolute Gasteiger partial charge is 0.0616 e. The molecule has 0 bridgehead atoms. The zero-order valence-corrected chi connectivity index (χ0v) is 5.62. The highest BCUT2D eigenvalue weighted by atomic mass is 13.9. The van der Waals surface area contributed by atoms with Crippen molar-refractivity contribution < 1.29 is 2.97 Å². The lowest BCUT2D eigenvalue weighted by Gasteiger charge is -1.92. The SMILES string of the molecule is [2H][2H].c1ccc2ccccc2c1. The first-order valence-corrected chi connectivity index (χ1v) is 3.40. The second-order valence-corrected chi connectivity index (χ2v) is 2.35. The summed E-state index contributed by atoms with van der Waals surface area (Å²) >= 11 is 0. The van der Waals surface area contributed by atoms with Gasteiger partial charge in [0, 0.05) is 2.97 Å². The van der Waals surface area contributed by atoms with E-state index in [1.807, 2.05) is 0 Å². The molecular weight excluding hydrogens is 120 g/mol. The van der Waals surface area contributed by atoms with Gasteiger partial charge < -0.3 is 0 Å². The average molecular weight is 132 g/mol. The van der Waals surface area contributed by atoms with E-state index in [0.29, 0.717) is 0 Å². The van der Waals surface area contributed by atoms with Gasteiger partial charge in [-0.1, -0.05) is 48.5 Å². The van der Waals surface area contributed by atoms with Crippen molar-refractivity contribution in [2.24, 2.45) is 0 Å². The summed E-state index contributed by atoms with van der Waals surface area (Å²) in [5.41, 5.74) is 0. The third-order valence-electron chi connectivity index (χ3n) is 1.66. The minimum Gasteiger partial charge on any atom is -0.0616 e. The first kappa shape index (κ1) is 4.51. The molecule has 0 saturated carbocycles. The van der Waals surface area contributed by atoms with Crippen molar-refractivity contribution in [2.75, 3.05) is 0 Å². The number of benzene rings is 2. The number of rotatable bonds is 0. The number of hydrogen-bond donors (Lipinski definition) is 0. The van der Waals surface area contributed by atoms with Crippen LogP contribution in [0, 0.1) is 0 Å². The van der Waals surface area contributed by atoms with Crippen LogP contribution in [0.15, 0.2) is 48.5 Å². The summed E-state index contributed by atoms with van der Waals surface area (Å²) in [5, 5.41) is 2.62. The van der Waals surface area contributed by atoms with Gasteiger partial charge in [0.2, 0.25) is 0 Å². The monoisotopic (exact) mass is 132 g/mol. The summed E-state index contributed by atoms with van der Waals surface area (Å²) < 4.78 is 10.0. The highest BCUT2D eigenvalue weighted by Crippen LogP contribution is 2.11. The first-order valence-electron chi connectivity index (χ1n) is 4.40. The molecule has 2 aromatic carbocycles. The summed E-state index contributed by atoms with van der Waals surface area (Å²) in [7, 11) is 0. The van der Waals surface area contributed by atoms with Crippen LogP contribution in [0.25, 0.3) is 10.8 Å². The summed E-state index contributed by atoms with van der Waals surface area (Å²) in [4.78, 5) is 0. The van der Waals surface area contributed by atoms with E-state index in [9.17, 15) is 0 Å². The molecule has 0 heterocycles. The van der Waals surface area contributed by atoms with Crippen molar-refractivity contribution in [2.45, 2.75) is 0 Å². The Bertz CT molecular complexity index is 279. The van der Waals surface area contributed by atoms with Crippen LogP contribution in [0.2, 0.25) is 0 Å². The maximum atomic E-state index is 5.00. The van der Waals surface area contributed by atoms with E-state index in [1.54, 1.807) is 0 Å². The summed E-state index contributed by atoms with van der Waals surface area (Å²) in [6, 6.07) is 16.7. The summed E-state index contributed by atoms with van der Waals surface area (Å²) in [6.45, 7) is 0. The predicted octanol–water partition coefficient (Wildman–Crippen LogP) is 3.09. The van der Waals surface area contributed by atoms with Crippen LogP contribution in [0.5, 0.6) is 0 Å². The normalized spacial score (nSPS) is 10.8. The van der Waals surface area contributed by atoms with E-state index < -0.39 is 0 Å². The molecule has 0 heteroatoms. The minimum atomic E-state index is 1.31. The van der Waals surface area contributed by atoms with Crippen LogP contribution >= 0.6 is 0 Å². The lowest BCUT2D eigenvalue weighted by molar-refractivity contribution is 1.75. The van der Waals surface area contributed by atoms with Gasteiger partial charge in [0.1, 0.15) is 0 Å². The fraction of sp³-hybridized carbons (Fsp3) is 0. The van der Waals surface area contributed by atoms with Crippen molar-refractivity contribution in [1.82, 2.24) is 0 Å². The summed E-state index contributed by atoms with van der Waals surface area (Å²) in [6.07, 6.45) is 0. The zero-order valence-electron chi connectivity index (χ0n) is 7.62. The Kier molecular flexibility index (Phi) is 0.966. The van der Waals surface area contributed by atoms with Gasteiger partial charge in [0.15, 0.2) is 0 Å². The molecule has 0 fully saturated rings. The molecule has 0 amide bonds. The number of hydrogen-bond acceptors (Lipinski definition) is 0. The second-order valence-electron chi connectivity index (χ2n) is 2.35. The molecule has 0 unspecified atom stereocenters. The Morgan fingerprint density at radius 1 is 0.700 bits per heavy atom. The van der Waals surface area contributed by atoms with Crippen LogP contribution in [0.1, 0.15) is 2.97 Å². The molecule has 50 valence electrons. The van der Waals surface area contributed by atoms with Crippen molar-refractivity contribution in [3.8, 4) is 0 Å². The predicted molar refractivity (Wildman–Crippen MR) is 46.1 cm³/mol. The molecular formula is C10H10. The molecule has 0 aromatic heterocycles. The van der Waals surface area contributed by atoms with Gasteiger partial charge >= 0.3 is 0 Å². The zero-order chi connectivity index (χ0) is 8.81. The molecule has 0 N–H and O–H groups in total. The highest BCUT2D eigenvalue weighted by Gasteiger charge is 1.85. The van der Waals surface area contributed by atoms with E-state index in [2.05, 4.69) is 48.5 Å². The van der Waals surface area contributed by atoms with Crippen LogP contribution < -0.4 is 0 Å². The first-order chi connectivity index (χ1) is 5.97. The van der Waals surface area contributed by atoms with E-state index in [0.717, 1.165) is 0 Å². The van der Waals surface area contributed by atoms with E-state index >= 15 is 0 Å². The molecule has 0 saturated heterocycles. The van der Waals surface area contributed by atoms with Crippen LogP contribution in [-0.2, 0) is 0 Å². The van der Waals surface area contributed by atoms with Crippen LogP contribution in [0.4, 0.5) is 0 Å². The smallest absolute Gasteiger partial charge is 0 e. The quantitative estimate of drug-likeness (QED) is 0.516. The van der Waals surface area contributed by atoms with Gasteiger partial charge in [-0.2, -0.15) is 0 Å². The fourth-order valence-electron chi connectivity index (χ4n) is 1.13. The van der Waals surface area contributed by atoms with Crippen LogP contribution in [-0.4, -0.2) is 0 Å². The lowest BCUT2D eigenvalue weighted by atomic mass is 10.1. The van der Waals surface area contributed by atoms with Crippen LogP contribution in [0.3, 0.4) is 0 Å². The Morgan fingerprint density at radius 2 is 1.00 bits per heavy atom. The van der Waals surface area contributed by atoms with E-state index in [1.165, 1.54) is 10.8 Å². The second kappa shape index (κ2) is 2.14. The van der Waals surface area contributed by atoms with Crippen molar-refractivity contribution in [3.63, 3.8) is 0 Å². The van der Waals surface area contributed by atoms with Gasteiger partial charge in [0.25, 0.3) is 0 Å². The maximum Gasteiger partial charge on any atom is 0 e.